The van der Waals surface area contributed by atoms with Crippen LogP contribution in [0, 0.1) is 41.4 Å². The van der Waals surface area contributed by atoms with E-state index < -0.39 is 161 Å². The summed E-state index contributed by atoms with van der Waals surface area (Å²) in [6, 6.07) is -7.85. The van der Waals surface area contributed by atoms with E-state index in [1.54, 1.807) is 59.7 Å². The fourth-order valence-corrected chi connectivity index (χ4v) is 13.8. The monoisotopic (exact) mass is 1430 g/mol. The van der Waals surface area contributed by atoms with E-state index in [0.29, 0.717) is 31.4 Å². The number of likely N-dealkylation sites (N-methyl/N-ethyl adjacent to an activating group) is 7. The Morgan fingerprint density at radius 2 is 0.940 bits per heavy atom. The van der Waals surface area contributed by atoms with E-state index >= 15 is 28.8 Å². The second kappa shape index (κ2) is 41.9. The molecule has 1 fully saturated rings. The summed E-state index contributed by atoms with van der Waals surface area (Å²) < 4.78 is 0. The van der Waals surface area contributed by atoms with Crippen LogP contribution in [-0.4, -0.2) is 261 Å². The third kappa shape index (κ3) is 25.6. The number of carboxylic acids is 1. The molecule has 0 aliphatic carbocycles. The Hall–Kier alpha value is -6.87. The van der Waals surface area contributed by atoms with E-state index in [1.165, 1.54) is 110 Å². The van der Waals surface area contributed by atoms with Crippen molar-refractivity contribution in [3.63, 3.8) is 0 Å². The van der Waals surface area contributed by atoms with Crippen molar-refractivity contribution in [1.82, 2.24) is 55.6 Å². The van der Waals surface area contributed by atoms with Gasteiger partial charge in [-0.05, 0) is 143 Å². The molecule has 13 atom stereocenters. The highest BCUT2D eigenvalue weighted by molar-refractivity contribution is 7.99. The van der Waals surface area contributed by atoms with E-state index in [2.05, 4.69) is 21.3 Å². The lowest BCUT2D eigenvalue weighted by molar-refractivity contribution is -0.157. The fourth-order valence-electron chi connectivity index (χ4n) is 12.7. The number of nitrogens with one attached hydrogen (secondary N) is 4. The molecule has 1 aliphatic heterocycles. The first-order valence-electron chi connectivity index (χ1n) is 35.8. The molecule has 2 rings (SSSR count). The predicted octanol–water partition coefficient (Wildman–Crippen LogP) is 4.90. The standard InChI is InChI=1S/C73H125N11O15S/c1-24-52-67(92)82(21)57(40-100-34-26-25-33-85)70(95)78(17)54(36-42(4)5)64(89)77-58(45(10)11)71(96)79(18)53(35-41(2)3)63(88)74-48(15)62(87)75-49(16)66(91)80(19)55(37-43(6)7)68(93)81(20)56(38-44(8)9)69(94)83(22)59(46(12)13)72(97)84(23)60(65(90)76-52)61(86)47(14)29-27-30-50-31-28-32-51(39-50)73(98)99/h28,31-32,39,41-49,52-61,85-86H,24-27,29-30,33-38,40H2,1-23H3,(H,74,88)(H,75,87)(H,76,90)(H,77,89)(H,98,99)/t47-,48+,49-,52+,53+,54+,55+,56+,57-,58+,59+,60+,61-/m1/s1. The minimum atomic E-state index is -1.73. The van der Waals surface area contributed by atoms with Gasteiger partial charge in [0.15, 0.2) is 0 Å². The second-order valence-electron chi connectivity index (χ2n) is 29.9. The van der Waals surface area contributed by atoms with Crippen LogP contribution in [0.2, 0.25) is 0 Å². The largest absolute Gasteiger partial charge is 0.478 e. The maximum absolute atomic E-state index is 15.6. The van der Waals surface area contributed by atoms with Gasteiger partial charge in [-0.1, -0.05) is 109 Å². The zero-order chi connectivity index (χ0) is 76.7. The van der Waals surface area contributed by atoms with Crippen LogP contribution in [0.25, 0.3) is 0 Å². The van der Waals surface area contributed by atoms with E-state index in [4.69, 9.17) is 0 Å². The number of aromatic carboxylic acids is 1. The van der Waals surface area contributed by atoms with Crippen LogP contribution in [0.4, 0.5) is 0 Å². The maximum Gasteiger partial charge on any atom is 0.335 e. The van der Waals surface area contributed by atoms with Crippen LogP contribution in [0.15, 0.2) is 24.3 Å². The Morgan fingerprint density at radius 3 is 1.43 bits per heavy atom. The molecule has 0 unspecified atom stereocenters. The SMILES string of the molecule is CC[C@@H]1NC(=O)[C@H]([C@H](O)[C@H](C)CCCc2cccc(C(=O)O)c2)N(C)C(=O)[C@H](C(C)C)N(C)C(=O)[C@H](CC(C)C)N(C)C(=O)[C@H](CC(C)C)N(C)C(=O)[C@@H](C)NC(=O)[C@H](C)NC(=O)[C@H](CC(C)C)N(C)C(=O)[C@H](C(C)C)NC(=O)[C@H](CC(C)C)N(C)C(=O)[C@@H](CSCCCCO)N(C)C1=O. The van der Waals surface area contributed by atoms with Gasteiger partial charge < -0.3 is 70.9 Å². The summed E-state index contributed by atoms with van der Waals surface area (Å²) in [6.45, 7) is 27.8. The molecule has 0 radical (unpaired) electrons. The summed E-state index contributed by atoms with van der Waals surface area (Å²) in [5.74, 6) is -11.1. The first kappa shape index (κ1) is 89.2. The molecule has 568 valence electrons. The number of thioether (sulfide) groups is 1. The predicted molar refractivity (Wildman–Crippen MR) is 388 cm³/mol. The number of nitrogens with zero attached hydrogens (tertiary/aromatic N) is 7. The van der Waals surface area contributed by atoms with Gasteiger partial charge in [0, 0.05) is 61.7 Å². The molecule has 0 saturated carbocycles. The molecule has 11 amide bonds. The van der Waals surface area contributed by atoms with Crippen molar-refractivity contribution in [1.29, 1.82) is 0 Å². The first-order chi connectivity index (χ1) is 46.5. The summed E-state index contributed by atoms with van der Waals surface area (Å²) in [4.78, 5) is 185. The van der Waals surface area contributed by atoms with Crippen LogP contribution < -0.4 is 21.3 Å². The van der Waals surface area contributed by atoms with Crippen molar-refractivity contribution in [3.8, 4) is 0 Å². The number of hydrogen-bond acceptors (Lipinski definition) is 15. The molecule has 100 heavy (non-hydrogen) atoms. The number of rotatable bonds is 24. The van der Waals surface area contributed by atoms with Gasteiger partial charge in [-0.3, -0.25) is 52.7 Å². The number of benzene rings is 1. The Labute approximate surface area is 600 Å². The number of hydrogen-bond donors (Lipinski definition) is 7. The number of amides is 11. The number of carbonyl (C=O) groups is 12. The van der Waals surface area contributed by atoms with Gasteiger partial charge in [0.05, 0.1) is 11.7 Å². The summed E-state index contributed by atoms with van der Waals surface area (Å²) in [7, 11) is 9.89. The lowest BCUT2D eigenvalue weighted by Gasteiger charge is -2.41. The molecule has 1 aromatic rings. The number of unbranched alkanes of at least 4 members (excludes halogenated alkanes) is 1. The highest BCUT2D eigenvalue weighted by Crippen LogP contribution is 2.27. The van der Waals surface area contributed by atoms with Crippen molar-refractivity contribution in [2.75, 3.05) is 67.4 Å². The molecule has 1 heterocycles. The molecular formula is C73H125N11O15S. The highest BCUT2D eigenvalue weighted by Gasteiger charge is 2.46. The third-order valence-corrected chi connectivity index (χ3v) is 20.0. The van der Waals surface area contributed by atoms with Gasteiger partial charge in [0.25, 0.3) is 0 Å². The molecule has 1 saturated heterocycles. The van der Waals surface area contributed by atoms with Crippen LogP contribution in [0.5, 0.6) is 0 Å². The number of carbonyl (C=O) groups excluding carboxylic acids is 11. The minimum absolute atomic E-state index is 0.00292. The Morgan fingerprint density at radius 1 is 0.490 bits per heavy atom. The van der Waals surface area contributed by atoms with E-state index in [0.717, 1.165) is 10.5 Å². The van der Waals surface area contributed by atoms with Crippen molar-refractivity contribution >= 4 is 82.7 Å². The second-order valence-corrected chi connectivity index (χ2v) is 31.1. The normalized spacial score (nSPS) is 25.2. The molecule has 1 aliphatic rings. The van der Waals surface area contributed by atoms with Crippen molar-refractivity contribution in [3.05, 3.63) is 35.4 Å². The molecule has 7 N–H and O–H groups in total. The van der Waals surface area contributed by atoms with Crippen molar-refractivity contribution in [2.45, 2.75) is 248 Å². The van der Waals surface area contributed by atoms with Gasteiger partial charge in [-0.15, -0.1) is 0 Å². The highest BCUT2D eigenvalue weighted by atomic mass is 32.2. The Kier molecular flexibility index (Phi) is 37.4. The zero-order valence-corrected chi connectivity index (χ0v) is 65.1. The average molecular weight is 1430 g/mol. The lowest BCUT2D eigenvalue weighted by Crippen LogP contribution is -2.64. The van der Waals surface area contributed by atoms with E-state index in [9.17, 15) is 44.1 Å². The first-order valence-corrected chi connectivity index (χ1v) is 36.9. The summed E-state index contributed by atoms with van der Waals surface area (Å²) in [5.41, 5.74) is 0.815. The molecule has 0 bridgehead atoms. The number of aliphatic hydroxyl groups excluding tert-OH is 2. The molecule has 0 spiro atoms. The Balaban J connectivity index is 3.13. The topological polar surface area (TPSA) is 336 Å². The van der Waals surface area contributed by atoms with Crippen LogP contribution >= 0.6 is 11.8 Å². The van der Waals surface area contributed by atoms with Gasteiger partial charge in [0.2, 0.25) is 65.0 Å². The Bertz CT molecular complexity index is 2910. The lowest BCUT2D eigenvalue weighted by atomic mass is 9.89. The van der Waals surface area contributed by atoms with Gasteiger partial charge in [-0.25, -0.2) is 4.79 Å². The molecule has 0 aromatic heterocycles. The molecular weight excluding hydrogens is 1300 g/mol. The third-order valence-electron chi connectivity index (χ3n) is 18.9. The minimum Gasteiger partial charge on any atom is -0.478 e. The van der Waals surface area contributed by atoms with E-state index in [1.807, 2.05) is 55.4 Å². The number of aryl methyl sites for hydroxylation is 1. The number of carboxylic acid groups (broad SMARTS) is 1. The van der Waals surface area contributed by atoms with Crippen LogP contribution in [-0.2, 0) is 59.2 Å². The fraction of sp³-hybridized carbons (Fsp3) is 0.753. The smallest absolute Gasteiger partial charge is 0.335 e. The van der Waals surface area contributed by atoms with Gasteiger partial charge in [0.1, 0.15) is 66.5 Å². The van der Waals surface area contributed by atoms with Crippen molar-refractivity contribution in [2.24, 2.45) is 41.4 Å². The van der Waals surface area contributed by atoms with Crippen molar-refractivity contribution < 1.29 is 72.9 Å². The molecule has 26 nitrogen and oxygen atoms in total. The van der Waals surface area contributed by atoms with Crippen LogP contribution in [0.1, 0.15) is 184 Å². The molecule has 1 aromatic carbocycles. The zero-order valence-electron chi connectivity index (χ0n) is 64.3. The maximum atomic E-state index is 15.6. The summed E-state index contributed by atoms with van der Waals surface area (Å²) in [5, 5.41) is 43.0. The quantitative estimate of drug-likeness (QED) is 0.0677. The number of aliphatic hydroxyl groups is 2. The summed E-state index contributed by atoms with van der Waals surface area (Å²) in [6.07, 6.45) is 0.886. The van der Waals surface area contributed by atoms with Crippen LogP contribution in [0.3, 0.4) is 0 Å². The average Bonchev–Trinajstić information content (AvgIpc) is 0.802. The summed E-state index contributed by atoms with van der Waals surface area (Å²) >= 11 is 1.33. The van der Waals surface area contributed by atoms with Gasteiger partial charge in [-0.2, -0.15) is 11.8 Å². The van der Waals surface area contributed by atoms with E-state index in [-0.39, 0.29) is 80.1 Å². The molecule has 27 heteroatoms. The van der Waals surface area contributed by atoms with Gasteiger partial charge >= 0.3 is 5.97 Å².